The normalized spacial score (nSPS) is 30.4. The molecule has 31 heavy (non-hydrogen) atoms. The van der Waals surface area contributed by atoms with E-state index in [1.54, 1.807) is 7.11 Å². The van der Waals surface area contributed by atoms with Crippen LogP contribution in [0.1, 0.15) is 37.7 Å². The van der Waals surface area contributed by atoms with E-state index in [4.69, 9.17) is 9.47 Å². The van der Waals surface area contributed by atoms with Gasteiger partial charge in [-0.1, -0.05) is 18.2 Å². The summed E-state index contributed by atoms with van der Waals surface area (Å²) in [4.78, 5) is 17.0. The molecule has 1 N–H and O–H groups in total. The molecule has 1 aromatic rings. The molecule has 0 aliphatic carbocycles. The van der Waals surface area contributed by atoms with Crippen molar-refractivity contribution >= 4 is 5.91 Å². The molecule has 3 saturated heterocycles. The van der Waals surface area contributed by atoms with E-state index in [0.717, 1.165) is 25.1 Å². The van der Waals surface area contributed by atoms with Crippen LogP contribution in [0, 0.1) is 0 Å². The fraction of sp³-hybridized carbons (Fsp3) is 0.696. The van der Waals surface area contributed by atoms with Gasteiger partial charge in [0, 0.05) is 51.0 Å². The number of methoxy groups -OCH3 is 1. The molecule has 0 aromatic heterocycles. The van der Waals surface area contributed by atoms with E-state index < -0.39 is 5.92 Å². The summed E-state index contributed by atoms with van der Waals surface area (Å²) >= 11 is 0. The van der Waals surface area contributed by atoms with Crippen LogP contribution < -0.4 is 10.1 Å². The van der Waals surface area contributed by atoms with Crippen LogP contribution in [0.4, 0.5) is 8.78 Å². The third-order valence-corrected chi connectivity index (χ3v) is 6.82. The Morgan fingerprint density at radius 3 is 2.77 bits per heavy atom. The third kappa shape index (κ3) is 5.54. The molecule has 0 bridgehead atoms. The van der Waals surface area contributed by atoms with E-state index in [2.05, 4.69) is 15.1 Å². The first-order valence-corrected chi connectivity index (χ1v) is 11.3. The van der Waals surface area contributed by atoms with E-state index in [1.807, 2.05) is 24.3 Å². The van der Waals surface area contributed by atoms with Gasteiger partial charge in [-0.3, -0.25) is 14.6 Å². The van der Waals surface area contributed by atoms with Crippen molar-refractivity contribution in [2.45, 2.75) is 62.7 Å². The molecule has 3 aliphatic heterocycles. The Bertz CT molecular complexity index is 757. The molecule has 4 rings (SSSR count). The topological polar surface area (TPSA) is 54.0 Å². The summed E-state index contributed by atoms with van der Waals surface area (Å²) in [6.45, 7) is 3.53. The van der Waals surface area contributed by atoms with Crippen LogP contribution in [-0.2, 0) is 16.0 Å². The minimum atomic E-state index is -2.70. The Hall–Kier alpha value is -1.77. The number of hydrogen-bond acceptors (Lipinski definition) is 5. The Kier molecular flexibility index (Phi) is 7.08. The van der Waals surface area contributed by atoms with E-state index >= 15 is 0 Å². The Labute approximate surface area is 182 Å². The van der Waals surface area contributed by atoms with Crippen LogP contribution in [0.3, 0.4) is 0 Å². The standard InChI is InChI=1S/C23H33F2N3O3/c1-30-20-6-3-2-5-17(20)13-19-16-23(24,25)7-4-8-28(19)21-14-18(15-22(29)26-21)27-9-11-31-12-10-27/h2-3,5-6,18-19,21H,4,7-16H2,1H3,(H,26,29)/t18?,19-,21?/m0/s1. The molecule has 1 aromatic carbocycles. The average molecular weight is 438 g/mol. The summed E-state index contributed by atoms with van der Waals surface area (Å²) in [5.41, 5.74) is 0.921. The number of carbonyl (C=O) groups excluding carboxylic acids is 1. The van der Waals surface area contributed by atoms with Crippen molar-refractivity contribution in [1.29, 1.82) is 0 Å². The number of piperidine rings is 1. The zero-order valence-electron chi connectivity index (χ0n) is 18.2. The van der Waals surface area contributed by atoms with Gasteiger partial charge in [0.2, 0.25) is 11.8 Å². The van der Waals surface area contributed by atoms with E-state index in [-0.39, 0.29) is 37.0 Å². The zero-order valence-corrected chi connectivity index (χ0v) is 18.2. The molecule has 1 amide bonds. The molecule has 8 heteroatoms. The Morgan fingerprint density at radius 1 is 1.23 bits per heavy atom. The van der Waals surface area contributed by atoms with Crippen LogP contribution in [0.25, 0.3) is 0 Å². The lowest BCUT2D eigenvalue weighted by molar-refractivity contribution is -0.129. The monoisotopic (exact) mass is 437 g/mol. The van der Waals surface area contributed by atoms with Crippen molar-refractivity contribution in [3.8, 4) is 5.75 Å². The second-order valence-corrected chi connectivity index (χ2v) is 8.90. The summed E-state index contributed by atoms with van der Waals surface area (Å²) in [5, 5.41) is 3.11. The van der Waals surface area contributed by atoms with Crippen LogP contribution in [0.15, 0.2) is 24.3 Å². The summed E-state index contributed by atoms with van der Waals surface area (Å²) in [6.07, 6.45) is 1.54. The van der Waals surface area contributed by atoms with Gasteiger partial charge >= 0.3 is 0 Å². The predicted octanol–water partition coefficient (Wildman–Crippen LogP) is 2.66. The molecule has 172 valence electrons. The number of amides is 1. The maximum absolute atomic E-state index is 14.6. The fourth-order valence-corrected chi connectivity index (χ4v) is 5.29. The van der Waals surface area contributed by atoms with Crippen LogP contribution in [0.5, 0.6) is 5.75 Å². The van der Waals surface area contributed by atoms with Gasteiger partial charge in [0.25, 0.3) is 0 Å². The summed E-state index contributed by atoms with van der Waals surface area (Å²) in [5.74, 6) is -1.99. The highest BCUT2D eigenvalue weighted by Crippen LogP contribution is 2.36. The number of morpholine rings is 1. The lowest BCUT2D eigenvalue weighted by atomic mass is 9.95. The van der Waals surface area contributed by atoms with Crippen molar-refractivity contribution in [1.82, 2.24) is 15.1 Å². The lowest BCUT2D eigenvalue weighted by Crippen LogP contribution is -2.60. The van der Waals surface area contributed by atoms with Crippen molar-refractivity contribution in [2.75, 3.05) is 40.0 Å². The number of alkyl halides is 2. The minimum Gasteiger partial charge on any atom is -0.496 e. The molecule has 3 heterocycles. The van der Waals surface area contributed by atoms with Crippen molar-refractivity contribution in [3.05, 3.63) is 29.8 Å². The molecule has 6 nitrogen and oxygen atoms in total. The van der Waals surface area contributed by atoms with Gasteiger partial charge in [-0.05, 0) is 30.9 Å². The highest BCUT2D eigenvalue weighted by Gasteiger charge is 2.42. The number of halogens is 2. The molecule has 0 radical (unpaired) electrons. The number of para-hydroxylation sites is 1. The van der Waals surface area contributed by atoms with Crippen LogP contribution in [-0.4, -0.2) is 79.8 Å². The van der Waals surface area contributed by atoms with Crippen molar-refractivity contribution < 1.29 is 23.0 Å². The van der Waals surface area contributed by atoms with Crippen LogP contribution >= 0.6 is 0 Å². The van der Waals surface area contributed by atoms with E-state index in [9.17, 15) is 13.6 Å². The molecule has 3 atom stereocenters. The highest BCUT2D eigenvalue weighted by atomic mass is 19.3. The zero-order chi connectivity index (χ0) is 21.8. The number of nitrogens with zero attached hydrogens (tertiary/aromatic N) is 2. The SMILES string of the molecule is COc1ccccc1C[C@H]1CC(F)(F)CCCN1C1CC(N2CCOCC2)CC(=O)N1. The summed E-state index contributed by atoms with van der Waals surface area (Å²) in [6, 6.07) is 7.35. The number of rotatable bonds is 5. The number of carbonyl (C=O) groups is 1. The van der Waals surface area contributed by atoms with Crippen molar-refractivity contribution in [2.24, 2.45) is 0 Å². The second-order valence-electron chi connectivity index (χ2n) is 8.90. The first-order chi connectivity index (χ1) is 14.9. The van der Waals surface area contributed by atoms with E-state index in [0.29, 0.717) is 44.8 Å². The smallest absolute Gasteiger partial charge is 0.249 e. The van der Waals surface area contributed by atoms with Gasteiger partial charge in [0.1, 0.15) is 5.75 Å². The number of hydrogen-bond donors (Lipinski definition) is 1. The fourth-order valence-electron chi connectivity index (χ4n) is 5.29. The highest BCUT2D eigenvalue weighted by molar-refractivity contribution is 5.77. The number of ether oxygens (including phenoxy) is 2. The molecule has 3 aliphatic rings. The van der Waals surface area contributed by atoms with Gasteiger partial charge < -0.3 is 14.8 Å². The maximum Gasteiger partial charge on any atom is 0.249 e. The van der Waals surface area contributed by atoms with Gasteiger partial charge in [-0.25, -0.2) is 8.78 Å². The van der Waals surface area contributed by atoms with Gasteiger partial charge in [0.15, 0.2) is 0 Å². The second kappa shape index (κ2) is 9.79. The summed E-state index contributed by atoms with van der Waals surface area (Å²) < 4.78 is 40.2. The maximum atomic E-state index is 14.6. The van der Waals surface area contributed by atoms with Gasteiger partial charge in [-0.2, -0.15) is 0 Å². The Morgan fingerprint density at radius 2 is 2.00 bits per heavy atom. The van der Waals surface area contributed by atoms with Crippen molar-refractivity contribution in [3.63, 3.8) is 0 Å². The average Bonchev–Trinajstić information content (AvgIpc) is 2.91. The van der Waals surface area contributed by atoms with Gasteiger partial charge in [0.05, 0.1) is 26.5 Å². The minimum absolute atomic E-state index is 0.000194. The molecule has 2 unspecified atom stereocenters. The quantitative estimate of drug-likeness (QED) is 0.768. The number of nitrogens with one attached hydrogen (secondary N) is 1. The molecular weight excluding hydrogens is 404 g/mol. The van der Waals surface area contributed by atoms with Gasteiger partial charge in [-0.15, -0.1) is 0 Å². The molecule has 0 saturated carbocycles. The molecular formula is C23H33F2N3O3. The third-order valence-electron chi connectivity index (χ3n) is 6.82. The van der Waals surface area contributed by atoms with Crippen LogP contribution in [0.2, 0.25) is 0 Å². The van der Waals surface area contributed by atoms with E-state index in [1.165, 1.54) is 0 Å². The molecule has 3 fully saturated rings. The first-order valence-electron chi connectivity index (χ1n) is 11.3. The number of likely N-dealkylation sites (tertiary alicyclic amines) is 1. The number of benzene rings is 1. The largest absolute Gasteiger partial charge is 0.496 e. The summed E-state index contributed by atoms with van der Waals surface area (Å²) in [7, 11) is 1.60. The Balaban J connectivity index is 1.56. The lowest BCUT2D eigenvalue weighted by Gasteiger charge is -2.45. The predicted molar refractivity (Wildman–Crippen MR) is 113 cm³/mol. The first kappa shape index (κ1) is 22.4. The molecule has 0 spiro atoms.